The number of rotatable bonds is 6. The lowest BCUT2D eigenvalue weighted by Crippen LogP contribution is -2.15. The smallest absolute Gasteiger partial charge is 0.185 e. The molecule has 0 aromatic carbocycles. The Hall–Kier alpha value is -0.610. The third-order valence-electron chi connectivity index (χ3n) is 2.76. The van der Waals surface area contributed by atoms with Crippen LogP contribution in [0.1, 0.15) is 36.8 Å². The van der Waals surface area contributed by atoms with E-state index in [1.54, 1.807) is 0 Å². The van der Waals surface area contributed by atoms with Crippen molar-refractivity contribution in [1.29, 1.82) is 0 Å². The van der Waals surface area contributed by atoms with Gasteiger partial charge >= 0.3 is 0 Å². The fraction of sp³-hybridized carbons (Fsp3) is 0.750. The maximum atomic E-state index is 4.70. The number of hydrogen-bond donors (Lipinski definition) is 1. The summed E-state index contributed by atoms with van der Waals surface area (Å²) >= 11 is 1.83. The van der Waals surface area contributed by atoms with Gasteiger partial charge in [0.05, 0.1) is 5.69 Å². The Balaban J connectivity index is 2.05. The summed E-state index contributed by atoms with van der Waals surface area (Å²) in [6, 6.07) is 0.777. The lowest BCUT2D eigenvalue weighted by Gasteiger charge is -2.05. The summed E-state index contributed by atoms with van der Waals surface area (Å²) in [6.07, 6.45) is 4.98. The van der Waals surface area contributed by atoms with Gasteiger partial charge in [-0.25, -0.2) is 4.98 Å². The van der Waals surface area contributed by atoms with Gasteiger partial charge in [0, 0.05) is 31.6 Å². The summed E-state index contributed by atoms with van der Waals surface area (Å²) in [7, 11) is 4.12. The molecule has 0 atom stereocenters. The van der Waals surface area contributed by atoms with Crippen LogP contribution in [0.2, 0.25) is 0 Å². The van der Waals surface area contributed by atoms with E-state index in [0.717, 1.165) is 24.1 Å². The second-order valence-corrected chi connectivity index (χ2v) is 5.73. The summed E-state index contributed by atoms with van der Waals surface area (Å²) < 4.78 is 0. The zero-order valence-electron chi connectivity index (χ0n) is 10.4. The Bertz CT molecular complexity index is 342. The first-order valence-electron chi connectivity index (χ1n) is 6.10. The van der Waals surface area contributed by atoms with Gasteiger partial charge in [-0.2, -0.15) is 0 Å². The summed E-state index contributed by atoms with van der Waals surface area (Å²) in [6.45, 7) is 3.22. The van der Waals surface area contributed by atoms with Crippen molar-refractivity contribution in [2.45, 2.75) is 45.2 Å². The van der Waals surface area contributed by atoms with Crippen LogP contribution in [0.15, 0.2) is 0 Å². The molecule has 0 amide bonds. The molecule has 3 nitrogen and oxygen atoms in total. The van der Waals surface area contributed by atoms with Crippen LogP contribution >= 0.6 is 11.3 Å². The van der Waals surface area contributed by atoms with E-state index in [9.17, 15) is 0 Å². The van der Waals surface area contributed by atoms with Crippen LogP contribution in [0.5, 0.6) is 0 Å². The van der Waals surface area contributed by atoms with Gasteiger partial charge in [-0.3, -0.25) is 0 Å². The van der Waals surface area contributed by atoms with Gasteiger partial charge in [0.25, 0.3) is 0 Å². The summed E-state index contributed by atoms with van der Waals surface area (Å²) in [5.74, 6) is 0. The van der Waals surface area contributed by atoms with Crippen LogP contribution in [0.4, 0.5) is 5.13 Å². The van der Waals surface area contributed by atoms with Crippen LogP contribution in [-0.2, 0) is 13.0 Å². The Morgan fingerprint density at radius 1 is 1.44 bits per heavy atom. The Morgan fingerprint density at radius 3 is 2.75 bits per heavy atom. The zero-order chi connectivity index (χ0) is 11.5. The van der Waals surface area contributed by atoms with Gasteiger partial charge < -0.3 is 10.2 Å². The number of thiazole rings is 1. The van der Waals surface area contributed by atoms with Crippen molar-refractivity contribution in [2.24, 2.45) is 0 Å². The second kappa shape index (κ2) is 5.15. The number of hydrogen-bond acceptors (Lipinski definition) is 4. The SMILES string of the molecule is CCCc1nc(N(C)C)sc1CNC1CC1. The normalized spacial score (nSPS) is 15.4. The zero-order valence-corrected chi connectivity index (χ0v) is 11.2. The van der Waals surface area contributed by atoms with Crippen molar-refractivity contribution in [3.8, 4) is 0 Å². The molecule has 2 rings (SSSR count). The second-order valence-electron chi connectivity index (χ2n) is 4.67. The topological polar surface area (TPSA) is 28.2 Å². The van der Waals surface area contributed by atoms with Gasteiger partial charge in [-0.15, -0.1) is 11.3 Å². The monoisotopic (exact) mass is 239 g/mol. The molecule has 1 fully saturated rings. The Morgan fingerprint density at radius 2 is 2.19 bits per heavy atom. The number of aromatic nitrogens is 1. The highest BCUT2D eigenvalue weighted by Crippen LogP contribution is 2.27. The first kappa shape index (κ1) is 11.9. The molecule has 0 unspecified atom stereocenters. The standard InChI is InChI=1S/C12H21N3S/c1-4-5-10-11(8-13-9-6-7-9)16-12(14-10)15(2)3/h9,13H,4-8H2,1-3H3. The molecule has 16 heavy (non-hydrogen) atoms. The molecule has 1 saturated carbocycles. The predicted molar refractivity (Wildman–Crippen MR) is 70.3 cm³/mol. The number of anilines is 1. The van der Waals surface area contributed by atoms with E-state index in [0.29, 0.717) is 0 Å². The van der Waals surface area contributed by atoms with Gasteiger partial charge in [0.15, 0.2) is 5.13 Å². The van der Waals surface area contributed by atoms with Gasteiger partial charge in [0.1, 0.15) is 0 Å². The van der Waals surface area contributed by atoms with E-state index >= 15 is 0 Å². The molecule has 0 radical (unpaired) electrons. The average molecular weight is 239 g/mol. The van der Waals surface area contributed by atoms with Crippen molar-refractivity contribution in [3.05, 3.63) is 10.6 Å². The summed E-state index contributed by atoms with van der Waals surface area (Å²) in [5.41, 5.74) is 1.30. The van der Waals surface area contributed by atoms with Gasteiger partial charge in [-0.1, -0.05) is 13.3 Å². The average Bonchev–Trinajstić information content (AvgIpc) is 2.98. The lowest BCUT2D eigenvalue weighted by atomic mass is 10.2. The minimum Gasteiger partial charge on any atom is -0.354 e. The molecule has 1 N–H and O–H groups in total. The molecule has 90 valence electrons. The summed E-state index contributed by atoms with van der Waals surface area (Å²) in [4.78, 5) is 8.23. The number of aryl methyl sites for hydroxylation is 1. The minimum absolute atomic E-state index is 0.777. The molecule has 4 heteroatoms. The first-order valence-corrected chi connectivity index (χ1v) is 6.91. The molecule has 0 spiro atoms. The fourth-order valence-corrected chi connectivity index (χ4v) is 2.64. The highest BCUT2D eigenvalue weighted by molar-refractivity contribution is 7.15. The first-order chi connectivity index (χ1) is 7.70. The van der Waals surface area contributed by atoms with E-state index in [-0.39, 0.29) is 0 Å². The van der Waals surface area contributed by atoms with E-state index in [4.69, 9.17) is 4.98 Å². The highest BCUT2D eigenvalue weighted by Gasteiger charge is 2.21. The maximum absolute atomic E-state index is 4.70. The van der Waals surface area contributed by atoms with Crippen molar-refractivity contribution in [3.63, 3.8) is 0 Å². The molecule has 0 bridgehead atoms. The van der Waals surface area contributed by atoms with Crippen LogP contribution in [0.3, 0.4) is 0 Å². The van der Waals surface area contributed by atoms with Gasteiger partial charge in [-0.05, 0) is 19.3 Å². The van der Waals surface area contributed by atoms with E-state index in [2.05, 4.69) is 31.2 Å². The Kier molecular flexibility index (Phi) is 3.82. The molecule has 0 aliphatic heterocycles. The van der Waals surface area contributed by atoms with Crippen molar-refractivity contribution in [2.75, 3.05) is 19.0 Å². The maximum Gasteiger partial charge on any atom is 0.185 e. The van der Waals surface area contributed by atoms with Crippen molar-refractivity contribution >= 4 is 16.5 Å². The van der Waals surface area contributed by atoms with E-state index in [1.807, 2.05) is 11.3 Å². The number of nitrogens with zero attached hydrogens (tertiary/aromatic N) is 2. The minimum atomic E-state index is 0.777. The highest BCUT2D eigenvalue weighted by atomic mass is 32.1. The van der Waals surface area contributed by atoms with Crippen LogP contribution in [0.25, 0.3) is 0 Å². The third kappa shape index (κ3) is 2.95. The van der Waals surface area contributed by atoms with Gasteiger partial charge in [0.2, 0.25) is 0 Å². The largest absolute Gasteiger partial charge is 0.354 e. The van der Waals surface area contributed by atoms with E-state index in [1.165, 1.54) is 29.8 Å². The predicted octanol–water partition coefficient (Wildman–Crippen LogP) is 2.41. The molecule has 1 heterocycles. The summed E-state index contributed by atoms with van der Waals surface area (Å²) in [5, 5.41) is 4.71. The lowest BCUT2D eigenvalue weighted by molar-refractivity contribution is 0.686. The fourth-order valence-electron chi connectivity index (χ4n) is 1.66. The quantitative estimate of drug-likeness (QED) is 0.826. The van der Waals surface area contributed by atoms with Crippen LogP contribution in [0, 0.1) is 0 Å². The third-order valence-corrected chi connectivity index (χ3v) is 4.03. The molecule has 1 aromatic heterocycles. The molecule has 1 aliphatic rings. The molecular weight excluding hydrogens is 218 g/mol. The van der Waals surface area contributed by atoms with Crippen molar-refractivity contribution < 1.29 is 0 Å². The van der Waals surface area contributed by atoms with Crippen molar-refractivity contribution in [1.82, 2.24) is 10.3 Å². The number of nitrogens with one attached hydrogen (secondary N) is 1. The van der Waals surface area contributed by atoms with Crippen LogP contribution < -0.4 is 10.2 Å². The van der Waals surface area contributed by atoms with Crippen LogP contribution in [-0.4, -0.2) is 25.1 Å². The molecule has 0 saturated heterocycles. The molecule has 1 aromatic rings. The Labute approximate surface area is 102 Å². The molecule has 1 aliphatic carbocycles. The molecular formula is C12H21N3S. The van der Waals surface area contributed by atoms with E-state index < -0.39 is 0 Å².